The molecule has 0 unspecified atom stereocenters. The Bertz CT molecular complexity index is 3830. The highest BCUT2D eigenvalue weighted by Gasteiger charge is 2.27. The zero-order chi connectivity index (χ0) is 44.2. The van der Waals surface area contributed by atoms with Gasteiger partial charge in [-0.2, -0.15) is 0 Å². The van der Waals surface area contributed by atoms with Crippen molar-refractivity contribution in [3.63, 3.8) is 0 Å². The molecule has 1 aliphatic carbocycles. The molecule has 0 bridgehead atoms. The molecular weight excluding hydrogens is 837 g/mol. The van der Waals surface area contributed by atoms with Crippen LogP contribution in [0.25, 0.3) is 72.7 Å². The normalized spacial score (nSPS) is 13.6. The van der Waals surface area contributed by atoms with Gasteiger partial charge < -0.3 is 9.80 Å². The minimum atomic E-state index is 0.448. The average molecular weight is 887 g/mol. The first kappa shape index (κ1) is 39.6. The van der Waals surface area contributed by atoms with Crippen molar-refractivity contribution in [3.8, 4) is 0 Å². The maximum atomic E-state index is 2.59. The molecule has 0 amide bonds. The van der Waals surface area contributed by atoms with E-state index in [-0.39, 0.29) is 0 Å². The molecule has 2 nitrogen and oxygen atoms in total. The first-order valence-corrected chi connectivity index (χ1v) is 25.4. The Kier molecular flexibility index (Phi) is 9.27. The van der Waals surface area contributed by atoms with Crippen LogP contribution < -0.4 is 9.80 Å². The average Bonchev–Trinajstić information content (AvgIpc) is 4.12. The van der Waals surface area contributed by atoms with E-state index >= 15 is 0 Å². The van der Waals surface area contributed by atoms with E-state index in [0.29, 0.717) is 11.8 Å². The molecule has 12 aromatic rings. The zero-order valence-corrected chi connectivity index (χ0v) is 39.5. The molecule has 0 spiro atoms. The van der Waals surface area contributed by atoms with Crippen LogP contribution in [-0.2, 0) is 0 Å². The number of thiophene rings is 2. The van der Waals surface area contributed by atoms with Gasteiger partial charge in [-0.15, -0.1) is 22.7 Å². The Morgan fingerprint density at radius 2 is 0.879 bits per heavy atom. The maximum absolute atomic E-state index is 2.59. The van der Waals surface area contributed by atoms with E-state index in [4.69, 9.17) is 0 Å². The Balaban J connectivity index is 1.07. The fraction of sp³-hybridized carbons (Fsp3) is 0.161. The first-order chi connectivity index (χ1) is 32.4. The highest BCUT2D eigenvalue weighted by Crippen LogP contribution is 2.53. The summed E-state index contributed by atoms with van der Waals surface area (Å²) in [5, 5.41) is 12.9. The van der Waals surface area contributed by atoms with Crippen molar-refractivity contribution >= 4 is 129 Å². The number of hydrogen-bond acceptors (Lipinski definition) is 4. The fourth-order valence-electron chi connectivity index (χ4n) is 11.4. The van der Waals surface area contributed by atoms with Gasteiger partial charge in [0, 0.05) is 53.1 Å². The summed E-state index contributed by atoms with van der Waals surface area (Å²) in [7, 11) is 0. The standard InChI is InChI=1S/C62H50N2S2/c1-37(2)40-19-27-45(28-20-40)63(59-38(3)17-31-49-47-13-7-9-15-55(47)65-61(49)59)53-35-25-43-24-34-52-54(36-26-44-23-33-51(53)57(43)58(44)52)64(46-29-21-42(22-30-46)41-11-5-6-12-41)60-39(4)18-32-50-48-14-8-10-16-56(48)66-62(50)60/h7-10,13-37,41H,5-6,11-12H2,1-4H3. The summed E-state index contributed by atoms with van der Waals surface area (Å²) in [6.45, 7) is 9.13. The number of hydrogen-bond donors (Lipinski definition) is 0. The molecular formula is C62H50N2S2. The van der Waals surface area contributed by atoms with E-state index in [9.17, 15) is 0 Å². The molecule has 66 heavy (non-hydrogen) atoms. The van der Waals surface area contributed by atoms with Crippen LogP contribution in [0, 0.1) is 13.8 Å². The molecule has 1 fully saturated rings. The van der Waals surface area contributed by atoms with Crippen molar-refractivity contribution in [2.24, 2.45) is 0 Å². The highest BCUT2D eigenvalue weighted by molar-refractivity contribution is 7.26. The number of anilines is 6. The lowest BCUT2D eigenvalue weighted by Gasteiger charge is -2.31. The van der Waals surface area contributed by atoms with Gasteiger partial charge in [0.15, 0.2) is 0 Å². The Hall–Kier alpha value is -6.72. The molecule has 2 aromatic heterocycles. The lowest BCUT2D eigenvalue weighted by Crippen LogP contribution is -2.13. The molecule has 0 N–H and O–H groups in total. The number of fused-ring (bicyclic) bond motifs is 6. The molecule has 0 radical (unpaired) electrons. The minimum absolute atomic E-state index is 0.448. The van der Waals surface area contributed by atoms with Gasteiger partial charge in [-0.05, 0) is 131 Å². The third-order valence-electron chi connectivity index (χ3n) is 14.8. The zero-order valence-electron chi connectivity index (χ0n) is 37.9. The van der Waals surface area contributed by atoms with E-state index in [1.54, 1.807) is 0 Å². The number of aryl methyl sites for hydroxylation is 2. The topological polar surface area (TPSA) is 6.48 Å². The van der Waals surface area contributed by atoms with Crippen molar-refractivity contribution in [2.75, 3.05) is 9.80 Å². The van der Waals surface area contributed by atoms with E-state index in [0.717, 1.165) is 0 Å². The molecule has 0 atom stereocenters. The van der Waals surface area contributed by atoms with Crippen LogP contribution in [0.4, 0.5) is 34.1 Å². The lowest BCUT2D eigenvalue weighted by molar-refractivity contribution is 0.723. The van der Waals surface area contributed by atoms with Gasteiger partial charge >= 0.3 is 0 Å². The van der Waals surface area contributed by atoms with E-state index in [1.165, 1.54) is 155 Å². The molecule has 0 saturated heterocycles. The molecule has 320 valence electrons. The largest absolute Gasteiger partial charge is 0.308 e. The monoisotopic (exact) mass is 886 g/mol. The fourth-order valence-corrected chi connectivity index (χ4v) is 14.0. The van der Waals surface area contributed by atoms with Gasteiger partial charge in [0.1, 0.15) is 0 Å². The number of rotatable bonds is 8. The van der Waals surface area contributed by atoms with Gasteiger partial charge in [0.25, 0.3) is 0 Å². The Morgan fingerprint density at radius 3 is 1.36 bits per heavy atom. The SMILES string of the molecule is Cc1ccc2c(sc3ccccc32)c1N(c1ccc(C(C)C)cc1)c1ccc2ccc3c(N(c4ccc(C5CCCC5)cc4)c4c(C)ccc5c4sc4ccccc45)ccc4ccc1c2c43. The molecule has 10 aromatic carbocycles. The summed E-state index contributed by atoms with van der Waals surface area (Å²) in [6, 6.07) is 65.1. The second kappa shape index (κ2) is 15.4. The van der Waals surface area contributed by atoms with Crippen LogP contribution in [0.3, 0.4) is 0 Å². The van der Waals surface area contributed by atoms with Crippen molar-refractivity contribution in [1.29, 1.82) is 0 Å². The van der Waals surface area contributed by atoms with Crippen LogP contribution in [0.1, 0.15) is 73.6 Å². The molecule has 1 aliphatic rings. The second-order valence-electron chi connectivity index (χ2n) is 19.0. The highest BCUT2D eigenvalue weighted by atomic mass is 32.1. The summed E-state index contributed by atoms with van der Waals surface area (Å²) in [5.41, 5.74) is 12.6. The van der Waals surface area contributed by atoms with Gasteiger partial charge in [-0.25, -0.2) is 0 Å². The van der Waals surface area contributed by atoms with Crippen molar-refractivity contribution in [2.45, 2.75) is 65.2 Å². The first-order valence-electron chi connectivity index (χ1n) is 23.7. The maximum Gasteiger partial charge on any atom is 0.0669 e. The summed E-state index contributed by atoms with van der Waals surface area (Å²) in [5.74, 6) is 1.11. The predicted molar refractivity (Wildman–Crippen MR) is 290 cm³/mol. The van der Waals surface area contributed by atoms with E-state index in [1.807, 2.05) is 22.7 Å². The Labute approximate surface area is 394 Å². The van der Waals surface area contributed by atoms with E-state index < -0.39 is 0 Å². The Morgan fingerprint density at radius 1 is 0.439 bits per heavy atom. The van der Waals surface area contributed by atoms with Crippen molar-refractivity contribution in [3.05, 3.63) is 192 Å². The molecule has 4 heteroatoms. The smallest absolute Gasteiger partial charge is 0.0669 e. The summed E-state index contributed by atoms with van der Waals surface area (Å²) in [6.07, 6.45) is 5.25. The molecule has 1 saturated carbocycles. The van der Waals surface area contributed by atoms with Crippen molar-refractivity contribution in [1.82, 2.24) is 0 Å². The van der Waals surface area contributed by atoms with Crippen LogP contribution >= 0.6 is 22.7 Å². The summed E-state index contributed by atoms with van der Waals surface area (Å²) < 4.78 is 5.28. The van der Waals surface area contributed by atoms with Crippen LogP contribution in [0.15, 0.2) is 170 Å². The van der Waals surface area contributed by atoms with Crippen molar-refractivity contribution < 1.29 is 0 Å². The van der Waals surface area contributed by atoms with Gasteiger partial charge in [-0.1, -0.05) is 148 Å². The molecule has 13 rings (SSSR count). The minimum Gasteiger partial charge on any atom is -0.308 e. The summed E-state index contributed by atoms with van der Waals surface area (Å²) in [4.78, 5) is 5.15. The van der Waals surface area contributed by atoms with Crippen LogP contribution in [-0.4, -0.2) is 0 Å². The number of nitrogens with zero attached hydrogens (tertiary/aromatic N) is 2. The third kappa shape index (κ3) is 6.11. The summed E-state index contributed by atoms with van der Waals surface area (Å²) >= 11 is 3.82. The van der Waals surface area contributed by atoms with Gasteiger partial charge in [0.2, 0.25) is 0 Å². The van der Waals surface area contributed by atoms with Gasteiger partial charge in [0.05, 0.1) is 32.1 Å². The molecule has 2 heterocycles. The van der Waals surface area contributed by atoms with Crippen LogP contribution in [0.2, 0.25) is 0 Å². The lowest BCUT2D eigenvalue weighted by atomic mass is 9.91. The second-order valence-corrected chi connectivity index (χ2v) is 21.1. The third-order valence-corrected chi connectivity index (χ3v) is 17.2. The van der Waals surface area contributed by atoms with Crippen LogP contribution in [0.5, 0.6) is 0 Å². The molecule has 0 aliphatic heterocycles. The number of benzene rings is 10. The quantitative estimate of drug-likeness (QED) is 0.140. The van der Waals surface area contributed by atoms with Gasteiger partial charge in [-0.3, -0.25) is 0 Å². The van der Waals surface area contributed by atoms with E-state index in [2.05, 4.69) is 207 Å². The predicted octanol–water partition coefficient (Wildman–Crippen LogP) is 19.7.